The van der Waals surface area contributed by atoms with E-state index in [9.17, 15) is 29.8 Å². The third-order valence-electron chi connectivity index (χ3n) is 6.59. The molecule has 10 nitrogen and oxygen atoms in total. The molecule has 0 radical (unpaired) electrons. The highest BCUT2D eigenvalue weighted by Crippen LogP contribution is 2.48. The molecule has 2 aromatic carbocycles. The van der Waals surface area contributed by atoms with Crippen LogP contribution in [0, 0.1) is 20.2 Å². The maximum absolute atomic E-state index is 13.1. The summed E-state index contributed by atoms with van der Waals surface area (Å²) in [6.45, 7) is 0. The van der Waals surface area contributed by atoms with E-state index in [1.807, 2.05) is 0 Å². The van der Waals surface area contributed by atoms with Crippen molar-refractivity contribution in [1.29, 1.82) is 0 Å². The van der Waals surface area contributed by atoms with E-state index in [0.717, 1.165) is 36.4 Å². The molecule has 10 heteroatoms. The number of non-ortho nitro benzene ring substituents is 1. The Kier molecular flexibility index (Phi) is 5.64. The van der Waals surface area contributed by atoms with E-state index in [2.05, 4.69) is 5.32 Å². The Hall–Kier alpha value is -4.34. The lowest BCUT2D eigenvalue weighted by molar-refractivity contribution is -0.394. The number of hydrogen-bond donors (Lipinski definition) is 1. The van der Waals surface area contributed by atoms with E-state index in [0.29, 0.717) is 42.4 Å². The minimum atomic E-state index is -0.744. The molecule has 5 rings (SSSR count). The summed E-state index contributed by atoms with van der Waals surface area (Å²) in [6, 6.07) is 9.97. The van der Waals surface area contributed by atoms with Gasteiger partial charge in [-0.1, -0.05) is 18.2 Å². The summed E-state index contributed by atoms with van der Waals surface area (Å²) in [4.78, 5) is 47.4. The number of nitrogens with zero attached hydrogens (tertiary/aromatic N) is 2. The predicted octanol–water partition coefficient (Wildman–Crippen LogP) is 5.00. The standard InChI is InChI=1S/C25H21N3O7/c29-19-8-3-6-16-24(19)23(25-17(26-16)7-4-9-20(25)30)15-5-1-2-10-21(15)35-22-12-11-14(27(31)32)13-18(22)28(33)34/h1-2,5,10-13,23,26H,3-4,6-9H2. The molecule has 0 spiro atoms. The fourth-order valence-electron chi connectivity index (χ4n) is 5.07. The molecule has 178 valence electrons. The Bertz CT molecular complexity index is 1320. The molecule has 0 unspecified atom stereocenters. The van der Waals surface area contributed by atoms with Gasteiger partial charge in [0.15, 0.2) is 11.6 Å². The van der Waals surface area contributed by atoms with Gasteiger partial charge in [0, 0.05) is 52.9 Å². The Morgan fingerprint density at radius 3 is 2.03 bits per heavy atom. The number of carbonyl (C=O) groups excluding carboxylic acids is 2. The molecular weight excluding hydrogens is 454 g/mol. The zero-order valence-electron chi connectivity index (χ0n) is 18.6. The van der Waals surface area contributed by atoms with Gasteiger partial charge < -0.3 is 10.1 Å². The molecular formula is C25H21N3O7. The number of allylic oxidation sites excluding steroid dienone is 4. The van der Waals surface area contributed by atoms with Crippen LogP contribution in [0.4, 0.5) is 11.4 Å². The van der Waals surface area contributed by atoms with Crippen LogP contribution >= 0.6 is 0 Å². The zero-order valence-corrected chi connectivity index (χ0v) is 18.6. The van der Waals surface area contributed by atoms with Crippen LogP contribution in [0.5, 0.6) is 11.5 Å². The Labute approximate surface area is 199 Å². The lowest BCUT2D eigenvalue weighted by Crippen LogP contribution is -2.36. The molecule has 1 heterocycles. The van der Waals surface area contributed by atoms with Gasteiger partial charge in [0.25, 0.3) is 5.69 Å². The molecule has 0 fully saturated rings. The van der Waals surface area contributed by atoms with Crippen LogP contribution in [-0.2, 0) is 9.59 Å². The van der Waals surface area contributed by atoms with Gasteiger partial charge >= 0.3 is 5.69 Å². The quantitative estimate of drug-likeness (QED) is 0.470. The predicted molar refractivity (Wildman–Crippen MR) is 124 cm³/mol. The highest BCUT2D eigenvalue weighted by molar-refractivity contribution is 6.06. The van der Waals surface area contributed by atoms with Gasteiger partial charge in [0.2, 0.25) is 5.75 Å². The number of carbonyl (C=O) groups is 2. The van der Waals surface area contributed by atoms with Crippen LogP contribution < -0.4 is 10.1 Å². The first-order valence-electron chi connectivity index (χ1n) is 11.3. The Morgan fingerprint density at radius 1 is 0.800 bits per heavy atom. The summed E-state index contributed by atoms with van der Waals surface area (Å²) in [6.07, 6.45) is 3.59. The van der Waals surface area contributed by atoms with Crippen molar-refractivity contribution in [3.05, 3.63) is 90.8 Å². The summed E-state index contributed by atoms with van der Waals surface area (Å²) < 4.78 is 5.97. The van der Waals surface area contributed by atoms with E-state index < -0.39 is 27.1 Å². The minimum Gasteiger partial charge on any atom is -0.450 e. The first-order valence-corrected chi connectivity index (χ1v) is 11.3. The number of benzene rings is 2. The number of hydrogen-bond acceptors (Lipinski definition) is 8. The summed E-state index contributed by atoms with van der Waals surface area (Å²) in [7, 11) is 0. The topological polar surface area (TPSA) is 142 Å². The fraction of sp³-hybridized carbons (Fsp3) is 0.280. The number of nitro groups is 2. The van der Waals surface area contributed by atoms with Gasteiger partial charge in [0.05, 0.1) is 15.9 Å². The second kappa shape index (κ2) is 8.79. The molecule has 0 saturated heterocycles. The van der Waals surface area contributed by atoms with Crippen molar-refractivity contribution in [2.45, 2.75) is 44.4 Å². The molecule has 1 N–H and O–H groups in total. The van der Waals surface area contributed by atoms with E-state index >= 15 is 0 Å². The van der Waals surface area contributed by atoms with Crippen molar-refractivity contribution in [1.82, 2.24) is 5.32 Å². The largest absolute Gasteiger partial charge is 0.450 e. The van der Waals surface area contributed by atoms with Gasteiger partial charge in [-0.3, -0.25) is 29.8 Å². The molecule has 2 aromatic rings. The Balaban J connectivity index is 1.65. The molecule has 35 heavy (non-hydrogen) atoms. The number of rotatable bonds is 5. The van der Waals surface area contributed by atoms with Gasteiger partial charge in [-0.05, 0) is 37.8 Å². The molecule has 0 amide bonds. The maximum atomic E-state index is 13.1. The van der Waals surface area contributed by atoms with Crippen molar-refractivity contribution in [2.24, 2.45) is 0 Å². The normalized spacial score (nSPS) is 18.1. The fourth-order valence-corrected chi connectivity index (χ4v) is 5.07. The Morgan fingerprint density at radius 2 is 1.43 bits per heavy atom. The average molecular weight is 475 g/mol. The van der Waals surface area contributed by atoms with Crippen LogP contribution in [0.3, 0.4) is 0 Å². The van der Waals surface area contributed by atoms with E-state index in [4.69, 9.17) is 4.74 Å². The van der Waals surface area contributed by atoms with Gasteiger partial charge in [-0.2, -0.15) is 0 Å². The van der Waals surface area contributed by atoms with E-state index in [1.54, 1.807) is 24.3 Å². The van der Waals surface area contributed by atoms with Crippen LogP contribution in [0.2, 0.25) is 0 Å². The summed E-state index contributed by atoms with van der Waals surface area (Å²) in [5, 5.41) is 26.1. The first-order chi connectivity index (χ1) is 16.8. The molecule has 2 aliphatic carbocycles. The van der Waals surface area contributed by atoms with Crippen LogP contribution in [0.15, 0.2) is 65.0 Å². The number of dihydropyridines is 1. The number of nitro benzene ring substituents is 2. The van der Waals surface area contributed by atoms with Crippen LogP contribution in [0.1, 0.15) is 50.0 Å². The molecule has 0 bridgehead atoms. The van der Waals surface area contributed by atoms with Crippen LogP contribution in [-0.4, -0.2) is 21.4 Å². The lowest BCUT2D eigenvalue weighted by Gasteiger charge is -2.37. The summed E-state index contributed by atoms with van der Waals surface area (Å²) in [5.41, 5.74) is 2.28. The number of para-hydroxylation sites is 1. The minimum absolute atomic E-state index is 0.0372. The van der Waals surface area contributed by atoms with Gasteiger partial charge in [-0.15, -0.1) is 0 Å². The van der Waals surface area contributed by atoms with Crippen LogP contribution in [0.25, 0.3) is 0 Å². The molecule has 0 saturated carbocycles. The van der Waals surface area contributed by atoms with E-state index in [1.165, 1.54) is 6.07 Å². The van der Waals surface area contributed by atoms with Crippen molar-refractivity contribution >= 4 is 22.9 Å². The van der Waals surface area contributed by atoms with Gasteiger partial charge in [-0.25, -0.2) is 0 Å². The highest BCUT2D eigenvalue weighted by Gasteiger charge is 2.41. The first kappa shape index (κ1) is 22.5. The van der Waals surface area contributed by atoms with Crippen molar-refractivity contribution in [2.75, 3.05) is 0 Å². The number of nitrogens with one attached hydrogen (secondary N) is 1. The summed E-state index contributed by atoms with van der Waals surface area (Å²) >= 11 is 0. The number of Topliss-reactive ketones (excluding diaryl/α,β-unsaturated/α-hetero) is 2. The second-order valence-corrected chi connectivity index (χ2v) is 8.70. The summed E-state index contributed by atoms with van der Waals surface area (Å²) in [5.74, 6) is -0.646. The van der Waals surface area contributed by atoms with Crippen molar-refractivity contribution in [3.8, 4) is 11.5 Å². The lowest BCUT2D eigenvalue weighted by atomic mass is 9.71. The SMILES string of the molecule is O=C1CCCC2=C1C(c1ccccc1Oc1ccc([N+](=O)[O-])cc1[N+](=O)[O-])C1=C(CCCC1=O)N2. The highest BCUT2D eigenvalue weighted by atomic mass is 16.6. The smallest absolute Gasteiger partial charge is 0.318 e. The van der Waals surface area contributed by atoms with Gasteiger partial charge in [0.1, 0.15) is 5.75 Å². The number of ketones is 2. The maximum Gasteiger partial charge on any atom is 0.318 e. The van der Waals surface area contributed by atoms with Crippen molar-refractivity contribution < 1.29 is 24.2 Å². The third kappa shape index (κ3) is 3.96. The van der Waals surface area contributed by atoms with Crippen molar-refractivity contribution in [3.63, 3.8) is 0 Å². The average Bonchev–Trinajstić information content (AvgIpc) is 2.83. The monoisotopic (exact) mass is 475 g/mol. The molecule has 3 aliphatic rings. The number of ether oxygens (including phenoxy) is 1. The second-order valence-electron chi connectivity index (χ2n) is 8.70. The third-order valence-corrected chi connectivity index (χ3v) is 6.59. The van der Waals surface area contributed by atoms with E-state index in [-0.39, 0.29) is 23.1 Å². The molecule has 0 aromatic heterocycles. The molecule has 0 atom stereocenters. The zero-order chi connectivity index (χ0) is 24.7. The molecule has 1 aliphatic heterocycles.